The molecule has 2 aromatic rings. The third-order valence-corrected chi connectivity index (χ3v) is 3.37. The normalized spacial score (nSPS) is 10.8. The lowest BCUT2D eigenvalue weighted by Gasteiger charge is -2.09. The Morgan fingerprint density at radius 3 is 2.90 bits per heavy atom. The van der Waals surface area contributed by atoms with Gasteiger partial charge in [0.25, 0.3) is 5.56 Å². The smallest absolute Gasteiger partial charge is 0.287 e. The minimum atomic E-state index is -0.254. The van der Waals surface area contributed by atoms with Crippen LogP contribution >= 0.6 is 11.6 Å². The second kappa shape index (κ2) is 6.56. The number of aryl methyl sites for hydroxylation is 2. The molecule has 0 amide bonds. The van der Waals surface area contributed by atoms with E-state index in [1.807, 2.05) is 24.7 Å². The highest BCUT2D eigenvalue weighted by Crippen LogP contribution is 2.15. The second-order valence-electron chi connectivity index (χ2n) is 4.53. The van der Waals surface area contributed by atoms with Crippen molar-refractivity contribution >= 4 is 17.3 Å². The second-order valence-corrected chi connectivity index (χ2v) is 4.91. The fraction of sp³-hybridized carbons (Fsp3) is 0.462. The Hall–Kier alpha value is -1.82. The highest BCUT2D eigenvalue weighted by atomic mass is 35.5. The van der Waals surface area contributed by atoms with Crippen molar-refractivity contribution in [1.82, 2.24) is 19.3 Å². The molecule has 20 heavy (non-hydrogen) atoms. The minimum Gasteiger partial charge on any atom is -0.382 e. The van der Waals surface area contributed by atoms with Crippen molar-refractivity contribution in [3.05, 3.63) is 39.8 Å². The van der Waals surface area contributed by atoms with Crippen molar-refractivity contribution in [2.75, 3.05) is 11.9 Å². The van der Waals surface area contributed by atoms with Crippen LogP contribution in [0, 0.1) is 0 Å². The zero-order valence-electron chi connectivity index (χ0n) is 11.6. The van der Waals surface area contributed by atoms with Crippen LogP contribution < -0.4 is 10.9 Å². The zero-order chi connectivity index (χ0) is 14.5. The number of halogens is 1. The fourth-order valence-electron chi connectivity index (χ4n) is 1.91. The molecule has 1 N–H and O–H groups in total. The van der Waals surface area contributed by atoms with Gasteiger partial charge < -0.3 is 9.88 Å². The predicted molar refractivity (Wildman–Crippen MR) is 79.2 cm³/mol. The summed E-state index contributed by atoms with van der Waals surface area (Å²) in [7, 11) is 1.95. The molecule has 6 nitrogen and oxygen atoms in total. The largest absolute Gasteiger partial charge is 0.382 e. The first-order valence-corrected chi connectivity index (χ1v) is 6.97. The Kier molecular flexibility index (Phi) is 4.79. The molecule has 108 valence electrons. The van der Waals surface area contributed by atoms with E-state index in [1.54, 1.807) is 12.4 Å². The molecule has 0 radical (unpaired) electrons. The average molecular weight is 296 g/mol. The maximum absolute atomic E-state index is 11.9. The molecule has 2 rings (SSSR count). The van der Waals surface area contributed by atoms with Gasteiger partial charge in [-0.05, 0) is 6.42 Å². The van der Waals surface area contributed by atoms with E-state index < -0.39 is 0 Å². The van der Waals surface area contributed by atoms with Gasteiger partial charge in [-0.3, -0.25) is 4.79 Å². The molecule has 0 aromatic carbocycles. The molecule has 0 bridgehead atoms. The maximum Gasteiger partial charge on any atom is 0.287 e. The Morgan fingerprint density at radius 1 is 1.45 bits per heavy atom. The number of nitrogens with zero attached hydrogens (tertiary/aromatic N) is 4. The van der Waals surface area contributed by atoms with E-state index in [0.717, 1.165) is 18.7 Å². The number of anilines is 1. The first-order chi connectivity index (χ1) is 9.63. The first-order valence-electron chi connectivity index (χ1n) is 6.59. The van der Waals surface area contributed by atoms with Gasteiger partial charge in [0, 0.05) is 39.0 Å². The number of aromatic nitrogens is 4. The molecular weight excluding hydrogens is 278 g/mol. The molecule has 0 unspecified atom stereocenters. The van der Waals surface area contributed by atoms with Gasteiger partial charge in [-0.15, -0.1) is 0 Å². The van der Waals surface area contributed by atoms with Crippen molar-refractivity contribution in [1.29, 1.82) is 0 Å². The number of imidazole rings is 1. The highest BCUT2D eigenvalue weighted by molar-refractivity contribution is 6.32. The van der Waals surface area contributed by atoms with E-state index in [-0.39, 0.29) is 10.6 Å². The highest BCUT2D eigenvalue weighted by Gasteiger charge is 2.08. The van der Waals surface area contributed by atoms with E-state index in [1.165, 1.54) is 4.68 Å². The number of nitrogens with one attached hydrogen (secondary N) is 1. The van der Waals surface area contributed by atoms with Gasteiger partial charge in [-0.25, -0.2) is 9.67 Å². The summed E-state index contributed by atoms with van der Waals surface area (Å²) in [6.45, 7) is 3.20. The quantitative estimate of drug-likeness (QED) is 0.881. The third-order valence-electron chi connectivity index (χ3n) is 3.01. The minimum absolute atomic E-state index is 0.188. The lowest BCUT2D eigenvalue weighted by atomic mass is 10.3. The molecule has 0 aliphatic carbocycles. The third kappa shape index (κ3) is 3.19. The Bertz CT molecular complexity index is 634. The predicted octanol–water partition coefficient (Wildman–Crippen LogP) is 1.69. The van der Waals surface area contributed by atoms with Gasteiger partial charge in [0.15, 0.2) is 0 Å². The summed E-state index contributed by atoms with van der Waals surface area (Å²) in [6.07, 6.45) is 6.84. The Balaban J connectivity index is 2.02. The number of rotatable bonds is 6. The van der Waals surface area contributed by atoms with Crippen LogP contribution in [0.15, 0.2) is 23.4 Å². The molecule has 0 aliphatic rings. The van der Waals surface area contributed by atoms with E-state index in [0.29, 0.717) is 18.8 Å². The van der Waals surface area contributed by atoms with Crippen LogP contribution in [0.5, 0.6) is 0 Å². The molecule has 0 aliphatic heterocycles. The van der Waals surface area contributed by atoms with Crippen molar-refractivity contribution in [3.8, 4) is 0 Å². The van der Waals surface area contributed by atoms with Crippen LogP contribution in [0.3, 0.4) is 0 Å². The molecule has 0 spiro atoms. The van der Waals surface area contributed by atoms with E-state index >= 15 is 0 Å². The van der Waals surface area contributed by atoms with Gasteiger partial charge in [-0.2, -0.15) is 5.10 Å². The van der Waals surface area contributed by atoms with E-state index in [4.69, 9.17) is 11.6 Å². The Morgan fingerprint density at radius 2 is 2.25 bits per heavy atom. The Labute approximate surface area is 122 Å². The summed E-state index contributed by atoms with van der Waals surface area (Å²) in [6, 6.07) is 0. The molecule has 0 saturated heterocycles. The molecule has 0 atom stereocenters. The standard InChI is InChI=1S/C13H18ClN5O/c1-3-7-19-13(20)12(14)10(9-17-19)15-5-4-11-16-6-8-18(11)2/h6,8-9,15H,3-5,7H2,1-2H3. The van der Waals surface area contributed by atoms with Gasteiger partial charge in [0.05, 0.1) is 11.9 Å². The first kappa shape index (κ1) is 14.6. The van der Waals surface area contributed by atoms with Crippen molar-refractivity contribution in [2.24, 2.45) is 7.05 Å². The van der Waals surface area contributed by atoms with Crippen LogP contribution in [0.1, 0.15) is 19.2 Å². The van der Waals surface area contributed by atoms with Crippen molar-refractivity contribution < 1.29 is 0 Å². The van der Waals surface area contributed by atoms with Crippen LogP contribution in [0.2, 0.25) is 5.02 Å². The molecule has 0 fully saturated rings. The summed E-state index contributed by atoms with van der Waals surface area (Å²) in [4.78, 5) is 16.2. The summed E-state index contributed by atoms with van der Waals surface area (Å²) < 4.78 is 3.34. The number of hydrogen-bond acceptors (Lipinski definition) is 4. The van der Waals surface area contributed by atoms with Gasteiger partial charge in [0.2, 0.25) is 0 Å². The van der Waals surface area contributed by atoms with Gasteiger partial charge >= 0.3 is 0 Å². The van der Waals surface area contributed by atoms with Gasteiger partial charge in [-0.1, -0.05) is 18.5 Å². The van der Waals surface area contributed by atoms with Crippen molar-refractivity contribution in [2.45, 2.75) is 26.3 Å². The lowest BCUT2D eigenvalue weighted by molar-refractivity contribution is 0.568. The summed E-state index contributed by atoms with van der Waals surface area (Å²) >= 11 is 6.07. The van der Waals surface area contributed by atoms with Crippen LogP contribution in [0.4, 0.5) is 5.69 Å². The average Bonchev–Trinajstić information content (AvgIpc) is 2.84. The van der Waals surface area contributed by atoms with E-state index in [9.17, 15) is 4.79 Å². The van der Waals surface area contributed by atoms with Crippen LogP contribution in [0.25, 0.3) is 0 Å². The van der Waals surface area contributed by atoms with E-state index in [2.05, 4.69) is 15.4 Å². The lowest BCUT2D eigenvalue weighted by Crippen LogP contribution is -2.24. The summed E-state index contributed by atoms with van der Waals surface area (Å²) in [5, 5.41) is 7.41. The molecular formula is C13H18ClN5O. The molecule has 7 heteroatoms. The van der Waals surface area contributed by atoms with Crippen LogP contribution in [-0.4, -0.2) is 25.9 Å². The van der Waals surface area contributed by atoms with Gasteiger partial charge in [0.1, 0.15) is 10.8 Å². The van der Waals surface area contributed by atoms with Crippen LogP contribution in [-0.2, 0) is 20.0 Å². The molecule has 2 aromatic heterocycles. The fourth-order valence-corrected chi connectivity index (χ4v) is 2.12. The summed E-state index contributed by atoms with van der Waals surface area (Å²) in [5.74, 6) is 0.973. The monoisotopic (exact) mass is 295 g/mol. The molecule has 0 saturated carbocycles. The summed E-state index contributed by atoms with van der Waals surface area (Å²) in [5.41, 5.74) is 0.314. The molecule has 2 heterocycles. The zero-order valence-corrected chi connectivity index (χ0v) is 12.4. The topological polar surface area (TPSA) is 64.7 Å². The van der Waals surface area contributed by atoms with Crippen molar-refractivity contribution in [3.63, 3.8) is 0 Å². The maximum atomic E-state index is 11.9. The number of hydrogen-bond donors (Lipinski definition) is 1. The SMILES string of the molecule is CCCn1ncc(NCCc2nccn2C)c(Cl)c1=O.